The first kappa shape index (κ1) is 16.3. The molecule has 0 bridgehead atoms. The maximum atomic E-state index is 12.8. The Hall–Kier alpha value is -1.06. The SMILES string of the molecule is CC1CCC(C(=O)N(C)C2(CC(=O)O)CCCCC2)CC1. The molecule has 2 rings (SSSR count). The van der Waals surface area contributed by atoms with Crippen LogP contribution in [0.5, 0.6) is 0 Å². The largest absolute Gasteiger partial charge is 0.481 e. The lowest BCUT2D eigenvalue weighted by Crippen LogP contribution is -2.54. The van der Waals surface area contributed by atoms with Crippen molar-refractivity contribution in [3.05, 3.63) is 0 Å². The molecule has 120 valence electrons. The smallest absolute Gasteiger partial charge is 0.305 e. The molecule has 4 heteroatoms. The highest BCUT2D eigenvalue weighted by Crippen LogP contribution is 2.38. The molecule has 0 aromatic rings. The van der Waals surface area contributed by atoms with Gasteiger partial charge in [0.1, 0.15) is 0 Å². The van der Waals surface area contributed by atoms with Crippen molar-refractivity contribution in [3.8, 4) is 0 Å². The minimum absolute atomic E-state index is 0.0956. The summed E-state index contributed by atoms with van der Waals surface area (Å²) in [5, 5.41) is 9.27. The third kappa shape index (κ3) is 3.78. The fourth-order valence-electron chi connectivity index (χ4n) is 4.14. The molecule has 0 unspecified atom stereocenters. The normalized spacial score (nSPS) is 28.9. The zero-order valence-electron chi connectivity index (χ0n) is 13.4. The van der Waals surface area contributed by atoms with Gasteiger partial charge in [0.25, 0.3) is 0 Å². The number of carboxylic acid groups (broad SMARTS) is 1. The standard InChI is InChI=1S/C17H29NO3/c1-13-6-8-14(9-7-13)16(21)18(2)17(12-15(19)20)10-4-3-5-11-17/h13-14H,3-12H2,1-2H3,(H,19,20). The van der Waals surface area contributed by atoms with Crippen molar-refractivity contribution in [2.45, 2.75) is 76.7 Å². The van der Waals surface area contributed by atoms with Crippen LogP contribution in [0.1, 0.15) is 71.1 Å². The minimum Gasteiger partial charge on any atom is -0.481 e. The first-order chi connectivity index (χ1) is 9.94. The van der Waals surface area contributed by atoms with Gasteiger partial charge in [0.2, 0.25) is 5.91 Å². The van der Waals surface area contributed by atoms with E-state index in [1.54, 1.807) is 0 Å². The first-order valence-electron chi connectivity index (χ1n) is 8.44. The van der Waals surface area contributed by atoms with Crippen LogP contribution in [0.25, 0.3) is 0 Å². The first-order valence-corrected chi connectivity index (χ1v) is 8.44. The van der Waals surface area contributed by atoms with E-state index >= 15 is 0 Å². The average Bonchev–Trinajstić information content (AvgIpc) is 2.47. The third-order valence-corrected chi connectivity index (χ3v) is 5.67. The summed E-state index contributed by atoms with van der Waals surface area (Å²) >= 11 is 0. The van der Waals surface area contributed by atoms with Gasteiger partial charge in [0.05, 0.1) is 12.0 Å². The zero-order chi connectivity index (χ0) is 15.5. The number of aliphatic carboxylic acids is 1. The molecule has 0 saturated heterocycles. The van der Waals surface area contributed by atoms with Crippen molar-refractivity contribution in [1.29, 1.82) is 0 Å². The Kier molecular flexibility index (Phi) is 5.28. The summed E-state index contributed by atoms with van der Waals surface area (Å²) in [4.78, 5) is 25.9. The van der Waals surface area contributed by atoms with Crippen LogP contribution in [0.15, 0.2) is 0 Å². The lowest BCUT2D eigenvalue weighted by Gasteiger charge is -2.45. The van der Waals surface area contributed by atoms with Crippen LogP contribution < -0.4 is 0 Å². The van der Waals surface area contributed by atoms with Crippen molar-refractivity contribution in [2.24, 2.45) is 11.8 Å². The summed E-state index contributed by atoms with van der Waals surface area (Å²) in [5.41, 5.74) is -0.440. The van der Waals surface area contributed by atoms with Crippen molar-refractivity contribution in [3.63, 3.8) is 0 Å². The molecule has 0 radical (unpaired) electrons. The second-order valence-corrected chi connectivity index (χ2v) is 7.21. The zero-order valence-corrected chi connectivity index (χ0v) is 13.4. The summed E-state index contributed by atoms with van der Waals surface area (Å²) in [7, 11) is 1.84. The molecule has 0 aliphatic heterocycles. The Labute approximate surface area is 127 Å². The molecule has 4 nitrogen and oxygen atoms in total. The minimum atomic E-state index is -0.784. The number of hydrogen-bond donors (Lipinski definition) is 1. The van der Waals surface area contributed by atoms with Crippen molar-refractivity contribution in [2.75, 3.05) is 7.05 Å². The van der Waals surface area contributed by atoms with E-state index in [0.717, 1.165) is 63.7 Å². The summed E-state index contributed by atoms with van der Waals surface area (Å²) in [6.07, 6.45) is 9.17. The van der Waals surface area contributed by atoms with Crippen molar-refractivity contribution in [1.82, 2.24) is 4.90 Å². The Balaban J connectivity index is 2.08. The van der Waals surface area contributed by atoms with Crippen LogP contribution in [0, 0.1) is 11.8 Å². The van der Waals surface area contributed by atoms with Gasteiger partial charge in [-0.3, -0.25) is 9.59 Å². The Bertz CT molecular complexity index is 379. The molecule has 0 spiro atoms. The lowest BCUT2D eigenvalue weighted by atomic mass is 9.76. The average molecular weight is 295 g/mol. The van der Waals surface area contributed by atoms with Gasteiger partial charge in [-0.25, -0.2) is 0 Å². The number of amides is 1. The van der Waals surface area contributed by atoms with Crippen LogP contribution in [0.4, 0.5) is 0 Å². The Morgan fingerprint density at radius 1 is 1.10 bits per heavy atom. The molecular weight excluding hydrogens is 266 g/mol. The molecule has 0 heterocycles. The number of carboxylic acids is 1. The monoisotopic (exact) mass is 295 g/mol. The molecule has 21 heavy (non-hydrogen) atoms. The second kappa shape index (κ2) is 6.80. The van der Waals surface area contributed by atoms with E-state index in [-0.39, 0.29) is 18.2 Å². The van der Waals surface area contributed by atoms with Crippen molar-refractivity contribution < 1.29 is 14.7 Å². The van der Waals surface area contributed by atoms with Gasteiger partial charge in [-0.05, 0) is 44.4 Å². The molecular formula is C17H29NO3. The highest BCUT2D eigenvalue weighted by atomic mass is 16.4. The van der Waals surface area contributed by atoms with Crippen LogP contribution in [0.2, 0.25) is 0 Å². The summed E-state index contributed by atoms with van der Waals surface area (Å²) in [6, 6.07) is 0. The predicted octanol–water partition coefficient (Wildman–Crippen LogP) is 3.45. The molecule has 0 aromatic heterocycles. The lowest BCUT2D eigenvalue weighted by molar-refractivity contribution is -0.148. The van der Waals surface area contributed by atoms with Crippen LogP contribution >= 0.6 is 0 Å². The molecule has 2 aliphatic rings. The molecule has 1 amide bonds. The summed E-state index contributed by atoms with van der Waals surface area (Å²) in [6.45, 7) is 2.25. The number of carbonyl (C=O) groups excluding carboxylic acids is 1. The molecule has 0 aromatic carbocycles. The van der Waals surface area contributed by atoms with Gasteiger partial charge in [0.15, 0.2) is 0 Å². The van der Waals surface area contributed by atoms with Crippen LogP contribution in [-0.2, 0) is 9.59 Å². The van der Waals surface area contributed by atoms with E-state index < -0.39 is 11.5 Å². The Morgan fingerprint density at radius 3 is 2.19 bits per heavy atom. The van der Waals surface area contributed by atoms with Gasteiger partial charge in [-0.2, -0.15) is 0 Å². The fraction of sp³-hybridized carbons (Fsp3) is 0.882. The number of hydrogen-bond acceptors (Lipinski definition) is 2. The third-order valence-electron chi connectivity index (χ3n) is 5.67. The van der Waals surface area contributed by atoms with Gasteiger partial charge < -0.3 is 10.0 Å². The van der Waals surface area contributed by atoms with Crippen molar-refractivity contribution >= 4 is 11.9 Å². The van der Waals surface area contributed by atoms with E-state index in [1.165, 1.54) is 0 Å². The van der Waals surface area contributed by atoms with Gasteiger partial charge >= 0.3 is 5.97 Å². The molecule has 1 N–H and O–H groups in total. The Morgan fingerprint density at radius 2 is 1.67 bits per heavy atom. The topological polar surface area (TPSA) is 57.6 Å². The number of rotatable bonds is 4. The number of carbonyl (C=O) groups is 2. The number of nitrogens with zero attached hydrogens (tertiary/aromatic N) is 1. The van der Waals surface area contributed by atoms with E-state index in [4.69, 9.17) is 0 Å². The second-order valence-electron chi connectivity index (χ2n) is 7.21. The fourth-order valence-corrected chi connectivity index (χ4v) is 4.14. The van der Waals surface area contributed by atoms with E-state index in [1.807, 2.05) is 11.9 Å². The summed E-state index contributed by atoms with van der Waals surface area (Å²) in [5.74, 6) is 0.236. The molecule has 2 fully saturated rings. The van der Waals surface area contributed by atoms with Crippen LogP contribution in [0.3, 0.4) is 0 Å². The van der Waals surface area contributed by atoms with E-state index in [0.29, 0.717) is 0 Å². The maximum Gasteiger partial charge on any atom is 0.305 e. The molecule has 0 atom stereocenters. The predicted molar refractivity (Wildman–Crippen MR) is 82.0 cm³/mol. The van der Waals surface area contributed by atoms with Gasteiger partial charge in [-0.15, -0.1) is 0 Å². The quantitative estimate of drug-likeness (QED) is 0.864. The molecule has 2 saturated carbocycles. The van der Waals surface area contributed by atoms with Gasteiger partial charge in [-0.1, -0.05) is 26.2 Å². The van der Waals surface area contributed by atoms with Gasteiger partial charge in [0, 0.05) is 13.0 Å². The maximum absolute atomic E-state index is 12.8. The highest BCUT2D eigenvalue weighted by Gasteiger charge is 2.42. The summed E-state index contributed by atoms with van der Waals surface area (Å²) < 4.78 is 0. The highest BCUT2D eigenvalue weighted by molar-refractivity contribution is 5.80. The van der Waals surface area contributed by atoms with E-state index in [2.05, 4.69) is 6.92 Å². The van der Waals surface area contributed by atoms with E-state index in [9.17, 15) is 14.7 Å². The molecule has 2 aliphatic carbocycles. The van der Waals surface area contributed by atoms with Crippen LogP contribution in [-0.4, -0.2) is 34.5 Å².